The van der Waals surface area contributed by atoms with Crippen LogP contribution in [0.4, 0.5) is 4.39 Å². The minimum absolute atomic E-state index is 0.182. The number of rotatable bonds is 4. The van der Waals surface area contributed by atoms with Gasteiger partial charge in [-0.1, -0.05) is 36.4 Å². The van der Waals surface area contributed by atoms with E-state index >= 15 is 0 Å². The van der Waals surface area contributed by atoms with Gasteiger partial charge in [-0.3, -0.25) is 0 Å². The van der Waals surface area contributed by atoms with Gasteiger partial charge >= 0.3 is 0 Å². The Labute approximate surface area is 99.5 Å². The Balaban J connectivity index is 2.24. The molecule has 0 aliphatic rings. The average Bonchev–Trinajstić information content (AvgIpc) is 2.40. The molecule has 2 nitrogen and oxygen atoms in total. The molecule has 2 aromatic rings. The summed E-state index contributed by atoms with van der Waals surface area (Å²) in [6, 6.07) is 13.7. The van der Waals surface area contributed by atoms with Gasteiger partial charge in [-0.05, 0) is 17.7 Å². The van der Waals surface area contributed by atoms with Gasteiger partial charge in [0, 0.05) is 11.0 Å². The highest BCUT2D eigenvalue weighted by atomic mass is 19.1. The second-order valence-corrected chi connectivity index (χ2v) is 3.72. The molecule has 0 aromatic heterocycles. The zero-order chi connectivity index (χ0) is 12.1. The van der Waals surface area contributed by atoms with E-state index in [-0.39, 0.29) is 6.61 Å². The standard InChI is InChI=1S/C14H14FNO/c15-8-11(9-16)10-17-14-7-3-5-12-4-1-2-6-13(12)14/h1-7,9H,8,10,16H2. The second-order valence-electron chi connectivity index (χ2n) is 3.72. The largest absolute Gasteiger partial charge is 0.488 e. The maximum absolute atomic E-state index is 12.4. The topological polar surface area (TPSA) is 35.2 Å². The van der Waals surface area contributed by atoms with E-state index in [0.29, 0.717) is 5.57 Å². The van der Waals surface area contributed by atoms with Crippen LogP contribution in [-0.4, -0.2) is 13.3 Å². The van der Waals surface area contributed by atoms with Crippen LogP contribution < -0.4 is 10.5 Å². The third kappa shape index (κ3) is 2.56. The lowest BCUT2D eigenvalue weighted by molar-refractivity contribution is 0.341. The number of hydrogen-bond acceptors (Lipinski definition) is 2. The molecule has 0 fully saturated rings. The van der Waals surface area contributed by atoms with Gasteiger partial charge < -0.3 is 10.5 Å². The Morgan fingerprint density at radius 3 is 2.71 bits per heavy atom. The average molecular weight is 231 g/mol. The molecule has 0 heterocycles. The fourth-order valence-electron chi connectivity index (χ4n) is 1.62. The maximum Gasteiger partial charge on any atom is 0.127 e. The van der Waals surface area contributed by atoms with E-state index in [1.165, 1.54) is 6.20 Å². The Kier molecular flexibility index (Phi) is 3.60. The van der Waals surface area contributed by atoms with Crippen molar-refractivity contribution in [3.8, 4) is 5.75 Å². The highest BCUT2D eigenvalue weighted by molar-refractivity contribution is 5.88. The Morgan fingerprint density at radius 2 is 1.94 bits per heavy atom. The van der Waals surface area contributed by atoms with Gasteiger partial charge in [0.05, 0.1) is 0 Å². The van der Waals surface area contributed by atoms with Crippen molar-refractivity contribution in [3.05, 3.63) is 54.2 Å². The molecule has 2 aromatic carbocycles. The fraction of sp³-hybridized carbons (Fsp3) is 0.143. The Bertz CT molecular complexity index is 531. The first kappa shape index (κ1) is 11.5. The van der Waals surface area contributed by atoms with Crippen LogP contribution in [0.15, 0.2) is 54.2 Å². The summed E-state index contributed by atoms with van der Waals surface area (Å²) < 4.78 is 18.0. The Hall–Kier alpha value is -2.03. The van der Waals surface area contributed by atoms with Crippen LogP contribution in [0.1, 0.15) is 0 Å². The van der Waals surface area contributed by atoms with Crippen LogP contribution in [0.5, 0.6) is 5.75 Å². The van der Waals surface area contributed by atoms with Crippen molar-refractivity contribution < 1.29 is 9.13 Å². The van der Waals surface area contributed by atoms with Crippen LogP contribution in [0, 0.1) is 0 Å². The van der Waals surface area contributed by atoms with Crippen molar-refractivity contribution in [2.45, 2.75) is 0 Å². The summed E-state index contributed by atoms with van der Waals surface area (Å²) in [5.41, 5.74) is 5.72. The number of halogens is 1. The predicted molar refractivity (Wildman–Crippen MR) is 67.7 cm³/mol. The molecule has 0 aliphatic carbocycles. The SMILES string of the molecule is NC=C(CF)COc1cccc2ccccc12. The number of benzene rings is 2. The molecular weight excluding hydrogens is 217 g/mol. The zero-order valence-electron chi connectivity index (χ0n) is 9.40. The van der Waals surface area contributed by atoms with Crippen LogP contribution in [0.2, 0.25) is 0 Å². The van der Waals surface area contributed by atoms with E-state index in [9.17, 15) is 4.39 Å². The van der Waals surface area contributed by atoms with Gasteiger partial charge in [-0.2, -0.15) is 0 Å². The van der Waals surface area contributed by atoms with Crippen LogP contribution in [-0.2, 0) is 0 Å². The molecular formula is C14H14FNO. The zero-order valence-corrected chi connectivity index (χ0v) is 9.40. The van der Waals surface area contributed by atoms with Gasteiger partial charge in [0.15, 0.2) is 0 Å². The summed E-state index contributed by atoms with van der Waals surface area (Å²) in [4.78, 5) is 0. The quantitative estimate of drug-likeness (QED) is 0.877. The first-order chi connectivity index (χ1) is 8.35. The van der Waals surface area contributed by atoms with Gasteiger partial charge in [0.25, 0.3) is 0 Å². The van der Waals surface area contributed by atoms with Gasteiger partial charge in [-0.15, -0.1) is 0 Å². The predicted octanol–water partition coefficient (Wildman–Crippen LogP) is 3.03. The second kappa shape index (κ2) is 5.34. The monoisotopic (exact) mass is 231 g/mol. The number of fused-ring (bicyclic) bond motifs is 1. The minimum Gasteiger partial charge on any atom is -0.488 e. The summed E-state index contributed by atoms with van der Waals surface area (Å²) in [5.74, 6) is 0.746. The number of ether oxygens (including phenoxy) is 1. The summed E-state index contributed by atoms with van der Waals surface area (Å²) >= 11 is 0. The van der Waals surface area contributed by atoms with Crippen molar-refractivity contribution in [1.29, 1.82) is 0 Å². The Morgan fingerprint density at radius 1 is 1.18 bits per heavy atom. The summed E-state index contributed by atoms with van der Waals surface area (Å²) in [6.07, 6.45) is 1.26. The highest BCUT2D eigenvalue weighted by Crippen LogP contribution is 2.25. The molecule has 0 unspecified atom stereocenters. The van der Waals surface area contributed by atoms with E-state index in [1.54, 1.807) is 0 Å². The minimum atomic E-state index is -0.582. The highest BCUT2D eigenvalue weighted by Gasteiger charge is 2.02. The number of nitrogens with two attached hydrogens (primary N) is 1. The molecule has 0 saturated heterocycles. The molecule has 0 atom stereocenters. The van der Waals surface area contributed by atoms with Crippen LogP contribution >= 0.6 is 0 Å². The fourth-order valence-corrected chi connectivity index (χ4v) is 1.62. The third-order valence-corrected chi connectivity index (χ3v) is 2.57. The molecule has 0 bridgehead atoms. The third-order valence-electron chi connectivity index (χ3n) is 2.57. The smallest absolute Gasteiger partial charge is 0.127 e. The summed E-state index contributed by atoms with van der Waals surface area (Å²) in [6.45, 7) is -0.401. The molecule has 3 heteroatoms. The lowest BCUT2D eigenvalue weighted by Crippen LogP contribution is -2.05. The van der Waals surface area contributed by atoms with Gasteiger partial charge in [-0.25, -0.2) is 4.39 Å². The molecule has 17 heavy (non-hydrogen) atoms. The van der Waals surface area contributed by atoms with E-state index in [0.717, 1.165) is 16.5 Å². The van der Waals surface area contributed by atoms with E-state index in [1.807, 2.05) is 42.5 Å². The molecule has 2 rings (SSSR count). The first-order valence-corrected chi connectivity index (χ1v) is 5.41. The van der Waals surface area contributed by atoms with Crippen LogP contribution in [0.3, 0.4) is 0 Å². The molecule has 0 saturated carbocycles. The summed E-state index contributed by atoms with van der Waals surface area (Å²) in [7, 11) is 0. The maximum atomic E-state index is 12.4. The van der Waals surface area contributed by atoms with E-state index in [2.05, 4.69) is 0 Å². The molecule has 2 N–H and O–H groups in total. The lowest BCUT2D eigenvalue weighted by atomic mass is 10.1. The molecule has 88 valence electrons. The van der Waals surface area contributed by atoms with Gasteiger partial charge in [0.2, 0.25) is 0 Å². The summed E-state index contributed by atoms with van der Waals surface area (Å²) in [5, 5.41) is 2.12. The lowest BCUT2D eigenvalue weighted by Gasteiger charge is -2.09. The molecule has 0 aliphatic heterocycles. The van der Waals surface area contributed by atoms with Crippen molar-refractivity contribution in [1.82, 2.24) is 0 Å². The van der Waals surface area contributed by atoms with E-state index < -0.39 is 6.67 Å². The van der Waals surface area contributed by atoms with E-state index in [4.69, 9.17) is 10.5 Å². The van der Waals surface area contributed by atoms with Crippen LogP contribution in [0.25, 0.3) is 10.8 Å². The van der Waals surface area contributed by atoms with Crippen molar-refractivity contribution in [2.75, 3.05) is 13.3 Å². The molecule has 0 spiro atoms. The number of alkyl halides is 1. The van der Waals surface area contributed by atoms with Crippen molar-refractivity contribution in [3.63, 3.8) is 0 Å². The molecule has 0 radical (unpaired) electrons. The first-order valence-electron chi connectivity index (χ1n) is 5.41. The molecule has 0 amide bonds. The number of hydrogen-bond donors (Lipinski definition) is 1. The van der Waals surface area contributed by atoms with Crippen molar-refractivity contribution in [2.24, 2.45) is 5.73 Å². The normalized spacial score (nSPS) is 11.7. The van der Waals surface area contributed by atoms with Gasteiger partial charge in [0.1, 0.15) is 19.0 Å². The van der Waals surface area contributed by atoms with Crippen molar-refractivity contribution >= 4 is 10.8 Å².